The molecule has 1 aromatic carbocycles. The third-order valence-corrected chi connectivity index (χ3v) is 3.50. The molecule has 0 heterocycles. The van der Waals surface area contributed by atoms with Gasteiger partial charge in [0.1, 0.15) is 5.82 Å². The van der Waals surface area contributed by atoms with Gasteiger partial charge in [-0.3, -0.25) is 9.69 Å². The molecule has 19 heavy (non-hydrogen) atoms. The summed E-state index contributed by atoms with van der Waals surface area (Å²) in [6.07, 6.45) is 2.11. The Balaban J connectivity index is 1.92. The Labute approximate surface area is 119 Å². The average molecular weight is 331 g/mol. The standard InChI is InChI=1S/C13H16BrFN2O2/c14-9-1-4-12(11(15)7-9)16-13(19)8-17(5-6-18)10-2-3-10/h1,4,7,10,18H,2-3,5-6,8H2,(H,16,19). The number of amides is 1. The maximum absolute atomic E-state index is 13.6. The summed E-state index contributed by atoms with van der Waals surface area (Å²) >= 11 is 3.16. The van der Waals surface area contributed by atoms with E-state index in [1.54, 1.807) is 6.07 Å². The van der Waals surface area contributed by atoms with Crippen LogP contribution in [-0.2, 0) is 4.79 Å². The Hall–Kier alpha value is -0.980. The second-order valence-corrected chi connectivity index (χ2v) is 5.51. The van der Waals surface area contributed by atoms with Gasteiger partial charge in [-0.25, -0.2) is 4.39 Å². The molecule has 4 nitrogen and oxygen atoms in total. The molecular formula is C13H16BrFN2O2. The van der Waals surface area contributed by atoms with Gasteiger partial charge in [-0.15, -0.1) is 0 Å². The normalized spacial score (nSPS) is 14.7. The van der Waals surface area contributed by atoms with E-state index >= 15 is 0 Å². The Morgan fingerprint density at radius 2 is 2.26 bits per heavy atom. The molecule has 1 saturated carbocycles. The summed E-state index contributed by atoms with van der Waals surface area (Å²) in [5, 5.41) is 11.5. The highest BCUT2D eigenvalue weighted by Crippen LogP contribution is 2.26. The summed E-state index contributed by atoms with van der Waals surface area (Å²) in [7, 11) is 0. The molecule has 2 N–H and O–H groups in total. The van der Waals surface area contributed by atoms with Gasteiger partial charge in [0.15, 0.2) is 0 Å². The molecule has 1 aromatic rings. The van der Waals surface area contributed by atoms with E-state index in [1.165, 1.54) is 12.1 Å². The first kappa shape index (κ1) is 14.4. The van der Waals surface area contributed by atoms with E-state index in [2.05, 4.69) is 21.2 Å². The number of rotatable bonds is 6. The van der Waals surface area contributed by atoms with E-state index in [4.69, 9.17) is 5.11 Å². The molecular weight excluding hydrogens is 315 g/mol. The molecule has 0 aliphatic heterocycles. The lowest BCUT2D eigenvalue weighted by Crippen LogP contribution is -2.36. The Morgan fingerprint density at radius 3 is 2.84 bits per heavy atom. The van der Waals surface area contributed by atoms with E-state index in [0.717, 1.165) is 12.8 Å². The number of carbonyl (C=O) groups excluding carboxylic acids is 1. The molecule has 0 unspecified atom stereocenters. The predicted molar refractivity (Wildman–Crippen MR) is 74.4 cm³/mol. The highest BCUT2D eigenvalue weighted by Gasteiger charge is 2.29. The van der Waals surface area contributed by atoms with Crippen LogP contribution in [0, 0.1) is 5.82 Å². The largest absolute Gasteiger partial charge is 0.395 e. The first-order chi connectivity index (χ1) is 9.10. The fourth-order valence-electron chi connectivity index (χ4n) is 1.92. The minimum atomic E-state index is -0.470. The number of hydrogen-bond donors (Lipinski definition) is 2. The monoisotopic (exact) mass is 330 g/mol. The molecule has 104 valence electrons. The number of benzene rings is 1. The highest BCUT2D eigenvalue weighted by molar-refractivity contribution is 9.10. The average Bonchev–Trinajstić information content (AvgIpc) is 3.16. The van der Waals surface area contributed by atoms with E-state index < -0.39 is 5.82 Å². The van der Waals surface area contributed by atoms with Crippen LogP contribution in [0.5, 0.6) is 0 Å². The fraction of sp³-hybridized carbons (Fsp3) is 0.462. The number of anilines is 1. The minimum Gasteiger partial charge on any atom is -0.395 e. The topological polar surface area (TPSA) is 52.6 Å². The maximum atomic E-state index is 13.6. The SMILES string of the molecule is O=C(CN(CCO)C1CC1)Nc1ccc(Br)cc1F. The molecule has 0 saturated heterocycles. The van der Waals surface area contributed by atoms with Gasteiger partial charge in [0.25, 0.3) is 0 Å². The maximum Gasteiger partial charge on any atom is 0.238 e. The Bertz CT molecular complexity index is 466. The van der Waals surface area contributed by atoms with E-state index in [1.807, 2.05) is 4.90 Å². The van der Waals surface area contributed by atoms with Crippen molar-refractivity contribution in [1.29, 1.82) is 0 Å². The van der Waals surface area contributed by atoms with Crippen LogP contribution >= 0.6 is 15.9 Å². The zero-order valence-electron chi connectivity index (χ0n) is 10.4. The van der Waals surface area contributed by atoms with Crippen LogP contribution in [0.25, 0.3) is 0 Å². The lowest BCUT2D eigenvalue weighted by Gasteiger charge is -2.20. The molecule has 1 amide bonds. The van der Waals surface area contributed by atoms with Crippen LogP contribution in [0.4, 0.5) is 10.1 Å². The molecule has 0 bridgehead atoms. The van der Waals surface area contributed by atoms with Crippen molar-refractivity contribution >= 4 is 27.5 Å². The van der Waals surface area contributed by atoms with Crippen molar-refractivity contribution in [3.05, 3.63) is 28.5 Å². The summed E-state index contributed by atoms with van der Waals surface area (Å²) < 4.78 is 14.2. The van der Waals surface area contributed by atoms with Gasteiger partial charge in [0.2, 0.25) is 5.91 Å². The van der Waals surface area contributed by atoms with E-state index in [9.17, 15) is 9.18 Å². The van der Waals surface area contributed by atoms with Crippen LogP contribution in [0.2, 0.25) is 0 Å². The number of aliphatic hydroxyl groups excluding tert-OH is 1. The number of nitrogens with one attached hydrogen (secondary N) is 1. The third kappa shape index (κ3) is 4.26. The van der Waals surface area contributed by atoms with Gasteiger partial charge in [-0.2, -0.15) is 0 Å². The first-order valence-electron chi connectivity index (χ1n) is 6.20. The van der Waals surface area contributed by atoms with E-state index in [0.29, 0.717) is 17.1 Å². The quantitative estimate of drug-likeness (QED) is 0.838. The van der Waals surface area contributed by atoms with Gasteiger partial charge in [-0.05, 0) is 31.0 Å². The number of hydrogen-bond acceptors (Lipinski definition) is 3. The summed E-state index contributed by atoms with van der Waals surface area (Å²) in [4.78, 5) is 13.8. The van der Waals surface area contributed by atoms with Crippen LogP contribution in [0.1, 0.15) is 12.8 Å². The molecule has 0 spiro atoms. The van der Waals surface area contributed by atoms with Crippen LogP contribution in [-0.4, -0.2) is 41.7 Å². The molecule has 0 aromatic heterocycles. The van der Waals surface area contributed by atoms with Gasteiger partial charge in [0.05, 0.1) is 18.8 Å². The molecule has 1 fully saturated rings. The molecule has 0 atom stereocenters. The summed E-state index contributed by atoms with van der Waals surface area (Å²) in [6.45, 7) is 0.679. The van der Waals surface area contributed by atoms with Crippen LogP contribution in [0.3, 0.4) is 0 Å². The van der Waals surface area contributed by atoms with Crippen molar-refractivity contribution in [2.24, 2.45) is 0 Å². The van der Waals surface area contributed by atoms with Gasteiger partial charge >= 0.3 is 0 Å². The molecule has 1 aliphatic carbocycles. The lowest BCUT2D eigenvalue weighted by atomic mass is 10.3. The molecule has 6 heteroatoms. The lowest BCUT2D eigenvalue weighted by molar-refractivity contribution is -0.117. The van der Waals surface area contributed by atoms with Crippen LogP contribution < -0.4 is 5.32 Å². The molecule has 0 radical (unpaired) electrons. The number of aliphatic hydroxyl groups is 1. The molecule has 1 aliphatic rings. The smallest absolute Gasteiger partial charge is 0.238 e. The molecule has 2 rings (SSSR count). The zero-order valence-corrected chi connectivity index (χ0v) is 12.0. The minimum absolute atomic E-state index is 0.0242. The van der Waals surface area contributed by atoms with Gasteiger partial charge < -0.3 is 10.4 Å². The number of nitrogens with zero attached hydrogens (tertiary/aromatic N) is 1. The predicted octanol–water partition coefficient (Wildman–Crippen LogP) is 1.98. The summed E-state index contributed by atoms with van der Waals surface area (Å²) in [5.41, 5.74) is 0.174. The van der Waals surface area contributed by atoms with Crippen molar-refractivity contribution in [1.82, 2.24) is 4.90 Å². The second kappa shape index (κ2) is 6.45. The Kier molecular flexibility index (Phi) is 4.90. The fourth-order valence-corrected chi connectivity index (χ4v) is 2.26. The van der Waals surface area contributed by atoms with E-state index in [-0.39, 0.29) is 24.7 Å². The summed E-state index contributed by atoms with van der Waals surface area (Å²) in [5.74, 6) is -0.732. The highest BCUT2D eigenvalue weighted by atomic mass is 79.9. The first-order valence-corrected chi connectivity index (χ1v) is 6.99. The second-order valence-electron chi connectivity index (χ2n) is 4.60. The third-order valence-electron chi connectivity index (χ3n) is 3.00. The van der Waals surface area contributed by atoms with Crippen molar-refractivity contribution in [3.8, 4) is 0 Å². The van der Waals surface area contributed by atoms with Crippen molar-refractivity contribution in [2.45, 2.75) is 18.9 Å². The van der Waals surface area contributed by atoms with Crippen molar-refractivity contribution < 1.29 is 14.3 Å². The Morgan fingerprint density at radius 1 is 1.53 bits per heavy atom. The zero-order chi connectivity index (χ0) is 13.8. The van der Waals surface area contributed by atoms with Crippen LogP contribution in [0.15, 0.2) is 22.7 Å². The van der Waals surface area contributed by atoms with Gasteiger partial charge in [-0.1, -0.05) is 15.9 Å². The van der Waals surface area contributed by atoms with Crippen molar-refractivity contribution in [2.75, 3.05) is 25.0 Å². The number of halogens is 2. The van der Waals surface area contributed by atoms with Gasteiger partial charge in [0, 0.05) is 17.1 Å². The van der Waals surface area contributed by atoms with Crippen molar-refractivity contribution in [3.63, 3.8) is 0 Å². The number of carbonyl (C=O) groups is 1. The summed E-state index contributed by atoms with van der Waals surface area (Å²) in [6, 6.07) is 4.88.